The Balaban J connectivity index is 1.53. The Hall–Kier alpha value is -2.98. The Kier molecular flexibility index (Phi) is 5.45. The van der Waals surface area contributed by atoms with E-state index in [9.17, 15) is 0 Å². The van der Waals surface area contributed by atoms with Crippen LogP contribution in [0.5, 0.6) is 11.5 Å². The van der Waals surface area contributed by atoms with Gasteiger partial charge in [-0.3, -0.25) is 0 Å². The molecule has 0 amide bonds. The van der Waals surface area contributed by atoms with Crippen molar-refractivity contribution in [3.63, 3.8) is 0 Å². The number of nitrogen functional groups attached to an aromatic ring is 1. The van der Waals surface area contributed by atoms with Crippen LogP contribution in [-0.2, 0) is 5.75 Å². The monoisotopic (exact) mass is 429 g/mol. The molecule has 0 bridgehead atoms. The summed E-state index contributed by atoms with van der Waals surface area (Å²) in [5.74, 6) is 9.99. The van der Waals surface area contributed by atoms with Gasteiger partial charge >= 0.3 is 0 Å². The van der Waals surface area contributed by atoms with E-state index in [4.69, 9.17) is 19.7 Å². The third-order valence-corrected chi connectivity index (χ3v) is 6.08. The van der Waals surface area contributed by atoms with Gasteiger partial charge < -0.3 is 19.7 Å². The number of benzene rings is 1. The number of nitrogens with two attached hydrogens (primary N) is 1. The van der Waals surface area contributed by atoms with Gasteiger partial charge in [-0.1, -0.05) is 17.8 Å². The van der Waals surface area contributed by atoms with E-state index in [1.54, 1.807) is 31.6 Å². The smallest absolute Gasteiger partial charge is 0.236 e. The van der Waals surface area contributed by atoms with Crippen molar-refractivity contribution in [3.05, 3.63) is 47.2 Å². The maximum Gasteiger partial charge on any atom is 0.236 e. The molecule has 8 nitrogen and oxygen atoms in total. The average molecular weight is 430 g/mol. The molecule has 0 aliphatic heterocycles. The van der Waals surface area contributed by atoms with E-state index in [0.717, 1.165) is 21.9 Å². The predicted molar refractivity (Wildman–Crippen MR) is 113 cm³/mol. The Bertz CT molecular complexity index is 1120. The number of ether oxygens (including phenoxy) is 2. The van der Waals surface area contributed by atoms with E-state index in [-0.39, 0.29) is 0 Å². The number of aryl methyl sites for hydroxylation is 1. The fraction of sp³-hybridized carbons (Fsp3) is 0.211. The van der Waals surface area contributed by atoms with Crippen LogP contribution >= 0.6 is 23.1 Å². The Morgan fingerprint density at radius 2 is 2.00 bits per heavy atom. The molecule has 2 N–H and O–H groups in total. The van der Waals surface area contributed by atoms with Gasteiger partial charge in [0.05, 0.1) is 24.8 Å². The minimum absolute atomic E-state index is 0.532. The molecule has 0 spiro atoms. The highest BCUT2D eigenvalue weighted by atomic mass is 32.2. The van der Waals surface area contributed by atoms with Gasteiger partial charge in [-0.05, 0) is 36.6 Å². The molecule has 0 saturated heterocycles. The molecule has 29 heavy (non-hydrogen) atoms. The molecule has 1 aromatic carbocycles. The summed E-state index contributed by atoms with van der Waals surface area (Å²) in [7, 11) is 3.17. The lowest BCUT2D eigenvalue weighted by Crippen LogP contribution is -2.11. The SMILES string of the molecule is COc1ccc(-c2nnc(SCc3nc(-c4cccs4)oc3C)n2N)cc1OC. The highest BCUT2D eigenvalue weighted by Gasteiger charge is 2.17. The second-order valence-corrected chi connectivity index (χ2v) is 7.92. The third kappa shape index (κ3) is 3.81. The number of hydrogen-bond acceptors (Lipinski definition) is 9. The first-order valence-electron chi connectivity index (χ1n) is 8.66. The number of methoxy groups -OCH3 is 2. The lowest BCUT2D eigenvalue weighted by atomic mass is 10.2. The Morgan fingerprint density at radius 3 is 2.72 bits per heavy atom. The molecule has 4 rings (SSSR count). The summed E-state index contributed by atoms with van der Waals surface area (Å²) in [6.07, 6.45) is 0. The normalized spacial score (nSPS) is 11.0. The van der Waals surface area contributed by atoms with Crippen LogP contribution in [0, 0.1) is 6.92 Å². The van der Waals surface area contributed by atoms with Crippen LogP contribution in [0.3, 0.4) is 0 Å². The first-order valence-corrected chi connectivity index (χ1v) is 10.5. The Labute approximate surface area is 175 Å². The minimum Gasteiger partial charge on any atom is -0.493 e. The van der Waals surface area contributed by atoms with E-state index >= 15 is 0 Å². The van der Waals surface area contributed by atoms with E-state index in [1.807, 2.05) is 36.6 Å². The number of nitrogens with zero attached hydrogens (tertiary/aromatic N) is 4. The largest absolute Gasteiger partial charge is 0.493 e. The Morgan fingerprint density at radius 1 is 1.17 bits per heavy atom. The summed E-state index contributed by atoms with van der Waals surface area (Å²) in [5.41, 5.74) is 1.64. The predicted octanol–water partition coefficient (Wildman–Crippen LogP) is 3.99. The van der Waals surface area contributed by atoms with Gasteiger partial charge in [0.15, 0.2) is 17.3 Å². The molecule has 3 aromatic heterocycles. The minimum atomic E-state index is 0.532. The number of thiophene rings is 1. The molecule has 10 heteroatoms. The highest BCUT2D eigenvalue weighted by molar-refractivity contribution is 7.98. The van der Waals surface area contributed by atoms with Crippen molar-refractivity contribution in [1.82, 2.24) is 19.9 Å². The molecule has 0 aliphatic rings. The van der Waals surface area contributed by atoms with Gasteiger partial charge in [0.25, 0.3) is 0 Å². The lowest BCUT2D eigenvalue weighted by molar-refractivity contribution is 0.355. The third-order valence-electron chi connectivity index (χ3n) is 4.27. The van der Waals surface area contributed by atoms with Gasteiger partial charge in [-0.15, -0.1) is 21.5 Å². The number of rotatable bonds is 7. The van der Waals surface area contributed by atoms with Crippen LogP contribution in [0.15, 0.2) is 45.3 Å². The molecule has 0 aliphatic carbocycles. The molecule has 3 heterocycles. The summed E-state index contributed by atoms with van der Waals surface area (Å²) < 4.78 is 17.9. The number of oxazole rings is 1. The van der Waals surface area contributed by atoms with Gasteiger partial charge in [0.1, 0.15) is 5.76 Å². The quantitative estimate of drug-likeness (QED) is 0.348. The van der Waals surface area contributed by atoms with Crippen LogP contribution in [-0.4, -0.2) is 34.1 Å². The first-order chi connectivity index (χ1) is 14.1. The first kappa shape index (κ1) is 19.3. The van der Waals surface area contributed by atoms with E-state index in [1.165, 1.54) is 16.4 Å². The molecule has 4 aromatic rings. The van der Waals surface area contributed by atoms with Crippen molar-refractivity contribution >= 4 is 23.1 Å². The number of aromatic nitrogens is 4. The van der Waals surface area contributed by atoms with Crippen LogP contribution < -0.4 is 15.3 Å². The fourth-order valence-electron chi connectivity index (χ4n) is 2.75. The summed E-state index contributed by atoms with van der Waals surface area (Å²) in [6.45, 7) is 1.90. The molecule has 0 radical (unpaired) electrons. The van der Waals surface area contributed by atoms with E-state index in [2.05, 4.69) is 15.2 Å². The molecule has 0 unspecified atom stereocenters. The van der Waals surface area contributed by atoms with Crippen LogP contribution in [0.1, 0.15) is 11.5 Å². The van der Waals surface area contributed by atoms with Crippen molar-refractivity contribution in [2.45, 2.75) is 17.8 Å². The average Bonchev–Trinajstić information content (AvgIpc) is 3.47. The lowest BCUT2D eigenvalue weighted by Gasteiger charge is -2.09. The van der Waals surface area contributed by atoms with E-state index < -0.39 is 0 Å². The van der Waals surface area contributed by atoms with Gasteiger partial charge in [0.2, 0.25) is 11.0 Å². The van der Waals surface area contributed by atoms with Crippen LogP contribution in [0.2, 0.25) is 0 Å². The summed E-state index contributed by atoms with van der Waals surface area (Å²) >= 11 is 3.04. The van der Waals surface area contributed by atoms with Crippen LogP contribution in [0.25, 0.3) is 22.2 Å². The molecular formula is C19H19N5O3S2. The maximum absolute atomic E-state index is 6.24. The van der Waals surface area contributed by atoms with Crippen molar-refractivity contribution in [3.8, 4) is 33.7 Å². The maximum atomic E-state index is 6.24. The van der Waals surface area contributed by atoms with E-state index in [0.29, 0.717) is 34.1 Å². The second-order valence-electron chi connectivity index (χ2n) is 6.03. The fourth-order valence-corrected chi connectivity index (χ4v) is 4.25. The zero-order chi connectivity index (χ0) is 20.4. The topological polar surface area (TPSA) is 101 Å². The number of hydrogen-bond donors (Lipinski definition) is 1. The zero-order valence-electron chi connectivity index (χ0n) is 16.1. The summed E-state index contributed by atoms with van der Waals surface area (Å²) in [4.78, 5) is 5.60. The van der Waals surface area contributed by atoms with Gasteiger partial charge in [0, 0.05) is 11.3 Å². The zero-order valence-corrected chi connectivity index (χ0v) is 17.7. The summed E-state index contributed by atoms with van der Waals surface area (Å²) in [5, 5.41) is 11.0. The van der Waals surface area contributed by atoms with Gasteiger partial charge in [-0.2, -0.15) is 0 Å². The molecule has 0 saturated carbocycles. The second kappa shape index (κ2) is 8.18. The van der Waals surface area contributed by atoms with Crippen molar-refractivity contribution in [2.75, 3.05) is 20.1 Å². The summed E-state index contributed by atoms with van der Waals surface area (Å²) in [6, 6.07) is 9.44. The number of thioether (sulfide) groups is 1. The highest BCUT2D eigenvalue weighted by Crippen LogP contribution is 2.33. The van der Waals surface area contributed by atoms with Gasteiger partial charge in [-0.25, -0.2) is 9.66 Å². The molecular weight excluding hydrogens is 410 g/mol. The standard InChI is InChI=1S/C19H19N5O3S2/c1-11-13(21-18(27-11)16-5-4-8-28-16)10-29-19-23-22-17(24(19)20)12-6-7-14(25-2)15(9-12)26-3/h4-9H,10,20H2,1-3H3. The van der Waals surface area contributed by atoms with Crippen molar-refractivity contribution in [2.24, 2.45) is 0 Å². The van der Waals surface area contributed by atoms with Crippen molar-refractivity contribution < 1.29 is 13.9 Å². The van der Waals surface area contributed by atoms with Crippen molar-refractivity contribution in [1.29, 1.82) is 0 Å². The molecule has 150 valence electrons. The molecule has 0 atom stereocenters. The molecule has 0 fully saturated rings. The van der Waals surface area contributed by atoms with Crippen LogP contribution in [0.4, 0.5) is 0 Å².